The van der Waals surface area contributed by atoms with Gasteiger partial charge in [-0.05, 0) is 24.1 Å². The molecule has 2 atom stereocenters. The molecular weight excluding hydrogens is 180 g/mol. The highest BCUT2D eigenvalue weighted by molar-refractivity contribution is 5.77. The van der Waals surface area contributed by atoms with E-state index in [4.69, 9.17) is 5.11 Å². The minimum absolute atomic E-state index is 0.194. The second-order valence-corrected chi connectivity index (χ2v) is 4.06. The Morgan fingerprint density at radius 2 is 2.29 bits per heavy atom. The van der Waals surface area contributed by atoms with Crippen molar-refractivity contribution in [2.75, 3.05) is 0 Å². The van der Waals surface area contributed by atoms with Gasteiger partial charge in [-0.2, -0.15) is 0 Å². The third-order valence-electron chi connectivity index (χ3n) is 3.04. The summed E-state index contributed by atoms with van der Waals surface area (Å²) in [5.74, 6) is -0.861. The molecule has 3 heteroatoms. The first-order valence-electron chi connectivity index (χ1n) is 4.56. The summed E-state index contributed by atoms with van der Waals surface area (Å²) in [4.78, 5) is 10.8. The van der Waals surface area contributed by atoms with Crippen LogP contribution in [0.4, 0.5) is 0 Å². The fraction of sp³-hybridized carbons (Fsp3) is 0.364. The van der Waals surface area contributed by atoms with Crippen LogP contribution in [0.25, 0.3) is 0 Å². The summed E-state index contributed by atoms with van der Waals surface area (Å²) >= 11 is 0. The fourth-order valence-corrected chi connectivity index (χ4v) is 1.91. The lowest BCUT2D eigenvalue weighted by atomic mass is 9.95. The second kappa shape index (κ2) is 2.74. The van der Waals surface area contributed by atoms with Gasteiger partial charge in [-0.25, -0.2) is 0 Å². The average molecular weight is 192 g/mol. The molecule has 0 spiro atoms. The van der Waals surface area contributed by atoms with Crippen molar-refractivity contribution in [3.8, 4) is 5.75 Å². The highest BCUT2D eigenvalue weighted by Gasteiger charge is 2.55. The van der Waals surface area contributed by atoms with E-state index in [-0.39, 0.29) is 17.1 Å². The Labute approximate surface area is 82.0 Å². The third kappa shape index (κ3) is 1.25. The lowest BCUT2D eigenvalue weighted by Gasteiger charge is -2.09. The van der Waals surface area contributed by atoms with Crippen molar-refractivity contribution in [3.63, 3.8) is 0 Å². The smallest absolute Gasteiger partial charge is 0.307 e. The summed E-state index contributed by atoms with van der Waals surface area (Å²) in [6, 6.07) is 6.84. The molecule has 0 radical (unpaired) electrons. The van der Waals surface area contributed by atoms with Crippen LogP contribution in [0.3, 0.4) is 0 Å². The maximum absolute atomic E-state index is 10.8. The lowest BCUT2D eigenvalue weighted by Crippen LogP contribution is -2.10. The number of hydrogen-bond donors (Lipinski definition) is 2. The van der Waals surface area contributed by atoms with Crippen LogP contribution in [0.2, 0.25) is 0 Å². The molecule has 1 aromatic carbocycles. The number of carboxylic acid groups (broad SMARTS) is 1. The van der Waals surface area contributed by atoms with E-state index >= 15 is 0 Å². The number of carboxylic acids is 1. The molecule has 0 aliphatic heterocycles. The number of hydrogen-bond acceptors (Lipinski definition) is 2. The normalized spacial score (nSPS) is 29.9. The van der Waals surface area contributed by atoms with Crippen LogP contribution in [0, 0.1) is 5.92 Å². The highest BCUT2D eigenvalue weighted by atomic mass is 16.4. The minimum Gasteiger partial charge on any atom is -0.508 e. The number of aliphatic carboxylic acids is 1. The van der Waals surface area contributed by atoms with E-state index in [0.29, 0.717) is 6.42 Å². The first kappa shape index (κ1) is 9.06. The molecule has 14 heavy (non-hydrogen) atoms. The van der Waals surface area contributed by atoms with Gasteiger partial charge >= 0.3 is 5.97 Å². The highest BCUT2D eigenvalue weighted by Crippen LogP contribution is 2.54. The Bertz CT molecular complexity index is 386. The van der Waals surface area contributed by atoms with Gasteiger partial charge in [0.25, 0.3) is 0 Å². The topological polar surface area (TPSA) is 57.5 Å². The Hall–Kier alpha value is -1.51. The molecule has 0 bridgehead atoms. The number of phenolic OH excluding ortho intramolecular Hbond substituents is 1. The molecule has 3 nitrogen and oxygen atoms in total. The zero-order valence-corrected chi connectivity index (χ0v) is 7.90. The van der Waals surface area contributed by atoms with E-state index in [1.807, 2.05) is 13.0 Å². The van der Waals surface area contributed by atoms with Gasteiger partial charge in [-0.3, -0.25) is 4.79 Å². The number of rotatable bonds is 2. The zero-order valence-electron chi connectivity index (χ0n) is 7.90. The summed E-state index contributed by atoms with van der Waals surface area (Å²) in [5.41, 5.74) is 0.620. The SMILES string of the molecule is CC1(c2cccc(O)c2)C[C@H]1C(=O)O. The van der Waals surface area contributed by atoms with Gasteiger partial charge in [0.1, 0.15) is 5.75 Å². The lowest BCUT2D eigenvalue weighted by molar-refractivity contribution is -0.138. The Kier molecular flexibility index (Phi) is 1.77. The number of benzene rings is 1. The number of phenols is 1. The Balaban J connectivity index is 2.30. The summed E-state index contributed by atoms with van der Waals surface area (Å²) in [6.45, 7) is 1.92. The molecule has 1 fully saturated rings. The van der Waals surface area contributed by atoms with Crippen LogP contribution in [0.1, 0.15) is 18.9 Å². The van der Waals surface area contributed by atoms with Gasteiger partial charge in [0.2, 0.25) is 0 Å². The predicted octanol–water partition coefficient (Wildman–Crippen LogP) is 1.75. The molecular formula is C11H12O3. The molecule has 1 aromatic rings. The van der Waals surface area contributed by atoms with Crippen molar-refractivity contribution in [1.29, 1.82) is 0 Å². The summed E-state index contributed by atoms with van der Waals surface area (Å²) in [5, 5.41) is 18.1. The third-order valence-corrected chi connectivity index (χ3v) is 3.04. The van der Waals surface area contributed by atoms with Crippen LogP contribution in [0.15, 0.2) is 24.3 Å². The molecule has 1 saturated carbocycles. The number of carbonyl (C=O) groups is 1. The monoisotopic (exact) mass is 192 g/mol. The molecule has 0 heterocycles. The molecule has 0 aromatic heterocycles. The predicted molar refractivity (Wildman–Crippen MR) is 51.2 cm³/mol. The quantitative estimate of drug-likeness (QED) is 0.750. The first-order chi connectivity index (χ1) is 6.54. The summed E-state index contributed by atoms with van der Waals surface area (Å²) in [6.07, 6.45) is 0.659. The number of aromatic hydroxyl groups is 1. The molecule has 74 valence electrons. The molecule has 1 aliphatic rings. The van der Waals surface area contributed by atoms with Crippen LogP contribution in [-0.2, 0) is 10.2 Å². The second-order valence-electron chi connectivity index (χ2n) is 4.06. The van der Waals surface area contributed by atoms with Crippen molar-refractivity contribution < 1.29 is 15.0 Å². The van der Waals surface area contributed by atoms with Crippen LogP contribution < -0.4 is 0 Å². The van der Waals surface area contributed by atoms with Crippen molar-refractivity contribution >= 4 is 5.97 Å². The molecule has 0 amide bonds. The van der Waals surface area contributed by atoms with Crippen LogP contribution in [0.5, 0.6) is 5.75 Å². The average Bonchev–Trinajstić information content (AvgIpc) is 2.80. The van der Waals surface area contributed by atoms with Gasteiger partial charge in [0, 0.05) is 5.41 Å². The minimum atomic E-state index is -0.754. The largest absolute Gasteiger partial charge is 0.508 e. The van der Waals surface area contributed by atoms with E-state index < -0.39 is 5.97 Å². The Morgan fingerprint density at radius 1 is 1.57 bits per heavy atom. The summed E-state index contributed by atoms with van der Waals surface area (Å²) in [7, 11) is 0. The van der Waals surface area contributed by atoms with Gasteiger partial charge in [-0.1, -0.05) is 19.1 Å². The van der Waals surface area contributed by atoms with Gasteiger partial charge in [0.05, 0.1) is 5.92 Å². The van der Waals surface area contributed by atoms with Crippen molar-refractivity contribution in [1.82, 2.24) is 0 Å². The van der Waals surface area contributed by atoms with Gasteiger partial charge in [0.15, 0.2) is 0 Å². The van der Waals surface area contributed by atoms with Crippen molar-refractivity contribution in [2.24, 2.45) is 5.92 Å². The van der Waals surface area contributed by atoms with E-state index in [2.05, 4.69) is 0 Å². The van der Waals surface area contributed by atoms with Crippen LogP contribution in [-0.4, -0.2) is 16.2 Å². The van der Waals surface area contributed by atoms with E-state index in [9.17, 15) is 9.90 Å². The maximum Gasteiger partial charge on any atom is 0.307 e. The van der Waals surface area contributed by atoms with Gasteiger partial charge < -0.3 is 10.2 Å². The first-order valence-corrected chi connectivity index (χ1v) is 4.56. The molecule has 2 N–H and O–H groups in total. The molecule has 0 saturated heterocycles. The van der Waals surface area contributed by atoms with E-state index in [1.54, 1.807) is 18.2 Å². The zero-order chi connectivity index (χ0) is 10.3. The van der Waals surface area contributed by atoms with Crippen LogP contribution >= 0.6 is 0 Å². The van der Waals surface area contributed by atoms with Gasteiger partial charge in [-0.15, -0.1) is 0 Å². The van der Waals surface area contributed by atoms with E-state index in [0.717, 1.165) is 5.56 Å². The van der Waals surface area contributed by atoms with Crippen molar-refractivity contribution in [3.05, 3.63) is 29.8 Å². The van der Waals surface area contributed by atoms with E-state index in [1.165, 1.54) is 0 Å². The fourth-order valence-electron chi connectivity index (χ4n) is 1.91. The molecule has 1 unspecified atom stereocenters. The van der Waals surface area contributed by atoms with Crippen molar-refractivity contribution in [2.45, 2.75) is 18.8 Å². The standard InChI is InChI=1S/C11H12O3/c1-11(6-9(11)10(13)14)7-3-2-4-8(12)5-7/h2-5,9,12H,6H2,1H3,(H,13,14)/t9-,11?/m0/s1. The maximum atomic E-state index is 10.8. The molecule has 1 aliphatic carbocycles. The summed E-state index contributed by atoms with van der Waals surface area (Å²) < 4.78 is 0. The molecule has 2 rings (SSSR count). The Morgan fingerprint density at radius 3 is 2.79 bits per heavy atom.